The van der Waals surface area contributed by atoms with Crippen LogP contribution < -0.4 is 21.3 Å². The maximum atomic E-state index is 13.0. The smallest absolute Gasteiger partial charge is 0.237 e. The first-order chi connectivity index (χ1) is 15.1. The summed E-state index contributed by atoms with van der Waals surface area (Å²) in [4.78, 5) is 20.8. The number of ether oxygens (including phenoxy) is 1. The Labute approximate surface area is 181 Å². The number of hydrogen-bond acceptors (Lipinski definition) is 7. The highest BCUT2D eigenvalue weighted by molar-refractivity contribution is 5.82. The quantitative estimate of drug-likeness (QED) is 0.379. The van der Waals surface area contributed by atoms with E-state index in [1.54, 1.807) is 32.5 Å². The molecule has 4 N–H and O–H groups in total. The number of nitrogens with one attached hydrogen (secondary N) is 4. The second-order valence-electron chi connectivity index (χ2n) is 7.09. The zero-order valence-corrected chi connectivity index (χ0v) is 17.7. The van der Waals surface area contributed by atoms with Gasteiger partial charge in [-0.25, -0.2) is 9.37 Å². The van der Waals surface area contributed by atoms with Crippen molar-refractivity contribution < 1.29 is 13.9 Å². The zero-order valence-electron chi connectivity index (χ0n) is 17.7. The summed E-state index contributed by atoms with van der Waals surface area (Å²) in [5.74, 6) is 6.84. The van der Waals surface area contributed by atoms with Crippen LogP contribution in [0.25, 0.3) is 0 Å². The van der Waals surface area contributed by atoms with E-state index in [-0.39, 0.29) is 23.9 Å². The van der Waals surface area contributed by atoms with Crippen LogP contribution in [-0.4, -0.2) is 55.3 Å². The molecule has 31 heavy (non-hydrogen) atoms. The van der Waals surface area contributed by atoms with Crippen molar-refractivity contribution in [3.05, 3.63) is 41.8 Å². The van der Waals surface area contributed by atoms with Gasteiger partial charge in [-0.15, -0.1) is 0 Å². The zero-order chi connectivity index (χ0) is 22.1. The summed E-state index contributed by atoms with van der Waals surface area (Å²) in [6.45, 7) is 1.27. The maximum absolute atomic E-state index is 13.0. The molecule has 9 heteroatoms. The molecule has 1 aliphatic rings. The molecule has 0 radical (unpaired) electrons. The lowest BCUT2D eigenvalue weighted by molar-refractivity contribution is -0.122. The van der Waals surface area contributed by atoms with Crippen LogP contribution in [0.15, 0.2) is 30.5 Å². The molecule has 2 aromatic rings. The second kappa shape index (κ2) is 11.2. The number of anilines is 3. The number of methoxy groups -OCH3 is 1. The van der Waals surface area contributed by atoms with Gasteiger partial charge in [0, 0.05) is 39.4 Å². The number of hydrogen-bond donors (Lipinski definition) is 4. The predicted molar refractivity (Wildman–Crippen MR) is 118 cm³/mol. The van der Waals surface area contributed by atoms with Gasteiger partial charge in [-0.2, -0.15) is 4.98 Å². The third-order valence-corrected chi connectivity index (χ3v) is 4.87. The molecule has 0 spiro atoms. The van der Waals surface area contributed by atoms with Gasteiger partial charge in [0.1, 0.15) is 11.6 Å². The van der Waals surface area contributed by atoms with Crippen LogP contribution in [0, 0.1) is 17.7 Å². The molecule has 1 amide bonds. The lowest BCUT2D eigenvalue weighted by atomic mass is 10.2. The van der Waals surface area contributed by atoms with Gasteiger partial charge in [-0.1, -0.05) is 11.8 Å². The lowest BCUT2D eigenvalue weighted by Crippen LogP contribution is -2.40. The summed E-state index contributed by atoms with van der Waals surface area (Å²) < 4.78 is 18.3. The number of unbranched alkanes of at least 4 members (excludes halogenated alkanes) is 1. The minimum Gasteiger partial charge on any atom is -0.380 e. The van der Waals surface area contributed by atoms with E-state index >= 15 is 0 Å². The molecule has 1 fully saturated rings. The Morgan fingerprint density at radius 1 is 1.35 bits per heavy atom. The topological polar surface area (TPSA) is 100 Å². The fraction of sp³-hybridized carbons (Fsp3) is 0.409. The van der Waals surface area contributed by atoms with Crippen molar-refractivity contribution >= 4 is 23.4 Å². The van der Waals surface area contributed by atoms with Crippen LogP contribution in [0.3, 0.4) is 0 Å². The van der Waals surface area contributed by atoms with E-state index in [2.05, 4.69) is 43.1 Å². The molecule has 0 bridgehead atoms. The number of carbonyl (C=O) groups is 1. The summed E-state index contributed by atoms with van der Waals surface area (Å²) in [5, 5.41) is 12.1. The second-order valence-corrected chi connectivity index (χ2v) is 7.09. The number of halogens is 1. The van der Waals surface area contributed by atoms with Crippen LogP contribution in [0.2, 0.25) is 0 Å². The molecule has 164 valence electrons. The first-order valence-corrected chi connectivity index (χ1v) is 10.2. The van der Waals surface area contributed by atoms with E-state index in [4.69, 9.17) is 4.74 Å². The van der Waals surface area contributed by atoms with Crippen molar-refractivity contribution in [1.82, 2.24) is 20.6 Å². The van der Waals surface area contributed by atoms with Crippen molar-refractivity contribution in [3.63, 3.8) is 0 Å². The van der Waals surface area contributed by atoms with Crippen molar-refractivity contribution in [1.29, 1.82) is 0 Å². The highest BCUT2D eigenvalue weighted by atomic mass is 19.1. The van der Waals surface area contributed by atoms with Gasteiger partial charge in [0.2, 0.25) is 11.9 Å². The molecule has 0 saturated carbocycles. The number of aromatic nitrogens is 2. The predicted octanol–water partition coefficient (Wildman–Crippen LogP) is 2.03. The summed E-state index contributed by atoms with van der Waals surface area (Å²) in [7, 11) is 3.42. The molecule has 2 heterocycles. The van der Waals surface area contributed by atoms with Gasteiger partial charge in [-0.05, 0) is 37.1 Å². The Balaban J connectivity index is 1.45. The van der Waals surface area contributed by atoms with Crippen molar-refractivity contribution in [2.45, 2.75) is 31.4 Å². The lowest BCUT2D eigenvalue weighted by Gasteiger charge is -2.10. The number of rotatable bonds is 8. The van der Waals surface area contributed by atoms with Crippen LogP contribution >= 0.6 is 0 Å². The molecule has 1 saturated heterocycles. The van der Waals surface area contributed by atoms with E-state index < -0.39 is 0 Å². The van der Waals surface area contributed by atoms with E-state index in [1.165, 1.54) is 12.1 Å². The minimum absolute atomic E-state index is 0.00243. The molecule has 1 aliphatic heterocycles. The van der Waals surface area contributed by atoms with Crippen LogP contribution in [-0.2, 0) is 9.53 Å². The molecule has 2 atom stereocenters. The summed E-state index contributed by atoms with van der Waals surface area (Å²) in [5.41, 5.74) is 1.37. The van der Waals surface area contributed by atoms with Crippen molar-refractivity contribution in [2.75, 3.05) is 37.9 Å². The number of carbonyl (C=O) groups excluding carboxylic acids is 1. The van der Waals surface area contributed by atoms with Crippen LogP contribution in [0.4, 0.5) is 21.8 Å². The highest BCUT2D eigenvalue weighted by Crippen LogP contribution is 2.17. The van der Waals surface area contributed by atoms with Gasteiger partial charge in [-0.3, -0.25) is 4.79 Å². The highest BCUT2D eigenvalue weighted by Gasteiger charge is 2.28. The summed E-state index contributed by atoms with van der Waals surface area (Å²) in [6, 6.07) is 5.77. The number of benzene rings is 1. The minimum atomic E-state index is -0.303. The standard InChI is InChI=1S/C22H27FN6O2/c1-24-20-15(13-27-22(29-20)28-17-9-7-16(23)8-10-17)6-4-3-5-11-25-21(30)19-12-18(31-2)14-26-19/h7-10,13,18-19,26H,3,5,11-12,14H2,1-2H3,(H,25,30)(H2,24,27,28,29)/t18-,19+/m1/s1. The Kier molecular flexibility index (Phi) is 8.15. The fourth-order valence-electron chi connectivity index (χ4n) is 3.14. The first-order valence-electron chi connectivity index (χ1n) is 10.2. The largest absolute Gasteiger partial charge is 0.380 e. The van der Waals surface area contributed by atoms with Crippen molar-refractivity contribution in [2.24, 2.45) is 0 Å². The average molecular weight is 426 g/mol. The Hall–Kier alpha value is -3.22. The average Bonchev–Trinajstić information content (AvgIpc) is 3.27. The molecule has 8 nitrogen and oxygen atoms in total. The number of nitrogens with zero attached hydrogens (tertiary/aromatic N) is 2. The van der Waals surface area contributed by atoms with E-state index in [1.807, 2.05) is 0 Å². The van der Waals surface area contributed by atoms with Gasteiger partial charge >= 0.3 is 0 Å². The monoisotopic (exact) mass is 426 g/mol. The maximum Gasteiger partial charge on any atom is 0.237 e. The van der Waals surface area contributed by atoms with E-state index in [9.17, 15) is 9.18 Å². The van der Waals surface area contributed by atoms with Gasteiger partial charge in [0.25, 0.3) is 0 Å². The Morgan fingerprint density at radius 2 is 2.16 bits per heavy atom. The molecule has 1 aromatic heterocycles. The summed E-state index contributed by atoms with van der Waals surface area (Å²) in [6.07, 6.45) is 3.82. The van der Waals surface area contributed by atoms with Crippen LogP contribution in [0.1, 0.15) is 24.8 Å². The Bertz CT molecular complexity index is 941. The van der Waals surface area contributed by atoms with Gasteiger partial charge < -0.3 is 26.0 Å². The van der Waals surface area contributed by atoms with E-state index in [0.29, 0.717) is 48.9 Å². The molecular weight excluding hydrogens is 399 g/mol. The number of amides is 1. The Morgan fingerprint density at radius 3 is 2.87 bits per heavy atom. The van der Waals surface area contributed by atoms with E-state index in [0.717, 1.165) is 6.42 Å². The van der Waals surface area contributed by atoms with Crippen LogP contribution in [0.5, 0.6) is 0 Å². The van der Waals surface area contributed by atoms with Gasteiger partial charge in [0.05, 0.1) is 23.9 Å². The normalized spacial score (nSPS) is 17.5. The fourth-order valence-corrected chi connectivity index (χ4v) is 3.14. The third kappa shape index (κ3) is 6.64. The molecule has 0 aliphatic carbocycles. The van der Waals surface area contributed by atoms with Crippen molar-refractivity contribution in [3.8, 4) is 11.8 Å². The molecule has 1 aromatic carbocycles. The third-order valence-electron chi connectivity index (χ3n) is 4.87. The molecule has 3 rings (SSSR count). The SMILES string of the molecule is CNc1nc(Nc2ccc(F)cc2)ncc1C#CCCCNC(=O)[C@@H]1C[C@@H](OC)CN1. The molecular formula is C22H27FN6O2. The molecule has 0 unspecified atom stereocenters. The first kappa shape index (κ1) is 22.5. The van der Waals surface area contributed by atoms with Gasteiger partial charge in [0.15, 0.2) is 0 Å². The summed E-state index contributed by atoms with van der Waals surface area (Å²) >= 11 is 0.